The van der Waals surface area contributed by atoms with Crippen molar-refractivity contribution in [1.82, 2.24) is 4.57 Å². The van der Waals surface area contributed by atoms with Crippen LogP contribution in [-0.4, -0.2) is 4.57 Å². The van der Waals surface area contributed by atoms with Crippen molar-refractivity contribution in [3.63, 3.8) is 0 Å². The zero-order valence-corrected chi connectivity index (χ0v) is 27.9. The molecule has 238 valence electrons. The van der Waals surface area contributed by atoms with Crippen molar-refractivity contribution in [3.05, 3.63) is 216 Å². The van der Waals surface area contributed by atoms with Crippen LogP contribution in [0.4, 0.5) is 17.1 Å². The van der Waals surface area contributed by atoms with Gasteiger partial charge in [-0.3, -0.25) is 0 Å². The highest BCUT2D eigenvalue weighted by Gasteiger charge is 2.51. The quantitative estimate of drug-likeness (QED) is 0.184. The molecule has 1 aromatic heterocycles. The molecule has 1 heterocycles. The molecule has 0 amide bonds. The molecule has 0 bridgehead atoms. The molecule has 0 saturated heterocycles. The van der Waals surface area contributed by atoms with Crippen molar-refractivity contribution in [3.8, 4) is 27.9 Å². The Morgan fingerprint density at radius 3 is 1.41 bits per heavy atom. The molecule has 1 spiro atoms. The number of rotatable bonds is 4. The average molecular weight is 649 g/mol. The second-order valence-electron chi connectivity index (χ2n) is 13.7. The molecule has 0 N–H and O–H groups in total. The summed E-state index contributed by atoms with van der Waals surface area (Å²) < 4.78 is 2.40. The Balaban J connectivity index is 1.16. The third-order valence-corrected chi connectivity index (χ3v) is 11.2. The minimum Gasteiger partial charge on any atom is -0.310 e. The fraction of sp³-hybridized carbons (Fsp3) is 0.0204. The second kappa shape index (κ2) is 10.7. The summed E-state index contributed by atoms with van der Waals surface area (Å²) >= 11 is 0. The summed E-state index contributed by atoms with van der Waals surface area (Å²) in [5.74, 6) is 0. The van der Waals surface area contributed by atoms with Gasteiger partial charge >= 0.3 is 0 Å². The van der Waals surface area contributed by atoms with E-state index in [0.717, 1.165) is 22.7 Å². The lowest BCUT2D eigenvalue weighted by molar-refractivity contribution is 0.793. The first kappa shape index (κ1) is 28.2. The van der Waals surface area contributed by atoms with Gasteiger partial charge in [-0.1, -0.05) is 140 Å². The second-order valence-corrected chi connectivity index (χ2v) is 13.7. The van der Waals surface area contributed by atoms with E-state index in [1.807, 2.05) is 0 Å². The lowest BCUT2D eigenvalue weighted by Crippen LogP contribution is -2.26. The van der Waals surface area contributed by atoms with E-state index in [1.165, 1.54) is 66.3 Å². The summed E-state index contributed by atoms with van der Waals surface area (Å²) in [4.78, 5) is 2.42. The molecule has 2 aliphatic carbocycles. The van der Waals surface area contributed by atoms with Crippen molar-refractivity contribution >= 4 is 38.9 Å². The molecule has 2 aliphatic rings. The van der Waals surface area contributed by atoms with Gasteiger partial charge in [0, 0.05) is 33.5 Å². The summed E-state index contributed by atoms with van der Waals surface area (Å²) in [6.07, 6.45) is 0. The van der Waals surface area contributed by atoms with Crippen LogP contribution in [0.2, 0.25) is 0 Å². The van der Waals surface area contributed by atoms with Crippen LogP contribution in [0.25, 0.3) is 49.7 Å². The first-order chi connectivity index (χ1) is 25.3. The molecule has 0 aliphatic heterocycles. The van der Waals surface area contributed by atoms with Gasteiger partial charge < -0.3 is 9.47 Å². The van der Waals surface area contributed by atoms with E-state index in [0.29, 0.717) is 0 Å². The minimum atomic E-state index is -0.400. The number of para-hydroxylation sites is 3. The van der Waals surface area contributed by atoms with Gasteiger partial charge in [0.25, 0.3) is 0 Å². The molecule has 0 radical (unpaired) electrons. The Labute approximate surface area is 297 Å². The number of hydrogen-bond acceptors (Lipinski definition) is 1. The minimum absolute atomic E-state index is 0.400. The van der Waals surface area contributed by atoms with E-state index < -0.39 is 5.41 Å². The van der Waals surface area contributed by atoms with E-state index in [2.05, 4.69) is 204 Å². The van der Waals surface area contributed by atoms with Gasteiger partial charge in [-0.2, -0.15) is 0 Å². The zero-order chi connectivity index (χ0) is 33.5. The maximum absolute atomic E-state index is 2.47. The lowest BCUT2D eigenvalue weighted by atomic mass is 9.70. The van der Waals surface area contributed by atoms with Crippen LogP contribution < -0.4 is 4.90 Å². The highest BCUT2D eigenvalue weighted by Crippen LogP contribution is 2.63. The molecular weight excluding hydrogens is 617 g/mol. The maximum atomic E-state index is 2.47. The molecule has 2 nitrogen and oxygen atoms in total. The van der Waals surface area contributed by atoms with E-state index >= 15 is 0 Å². The Morgan fingerprint density at radius 1 is 0.333 bits per heavy atom. The van der Waals surface area contributed by atoms with Crippen LogP contribution in [0.15, 0.2) is 194 Å². The Kier molecular flexibility index (Phi) is 5.91. The van der Waals surface area contributed by atoms with Crippen LogP contribution in [-0.2, 0) is 5.41 Å². The van der Waals surface area contributed by atoms with Gasteiger partial charge in [-0.05, 0) is 99.1 Å². The number of aromatic nitrogens is 1. The SMILES string of the molecule is c1ccc(N(c2cccc(-n3c4ccccc4c4ccccc43)c2)c2ccc3c(c2)C2(c4ccccc4-c4ccccc42)c2ccccc2-3)cc1. The third kappa shape index (κ3) is 3.82. The van der Waals surface area contributed by atoms with Gasteiger partial charge in [0.1, 0.15) is 0 Å². The summed E-state index contributed by atoms with van der Waals surface area (Å²) in [6.45, 7) is 0. The van der Waals surface area contributed by atoms with Gasteiger partial charge in [0.15, 0.2) is 0 Å². The summed E-state index contributed by atoms with van der Waals surface area (Å²) in [5.41, 5.74) is 17.2. The van der Waals surface area contributed by atoms with Gasteiger partial charge in [-0.25, -0.2) is 0 Å². The van der Waals surface area contributed by atoms with E-state index in [-0.39, 0.29) is 0 Å². The fourth-order valence-corrected chi connectivity index (χ4v) is 9.22. The predicted molar refractivity (Wildman–Crippen MR) is 212 cm³/mol. The Bertz CT molecular complexity index is 2710. The molecule has 0 saturated carbocycles. The third-order valence-electron chi connectivity index (χ3n) is 11.2. The number of nitrogens with zero attached hydrogens (tertiary/aromatic N) is 2. The van der Waals surface area contributed by atoms with Crippen molar-refractivity contribution in [1.29, 1.82) is 0 Å². The molecule has 8 aromatic carbocycles. The van der Waals surface area contributed by atoms with Crippen molar-refractivity contribution in [2.75, 3.05) is 4.90 Å². The van der Waals surface area contributed by atoms with E-state index in [4.69, 9.17) is 0 Å². The van der Waals surface area contributed by atoms with Crippen molar-refractivity contribution in [2.24, 2.45) is 0 Å². The van der Waals surface area contributed by atoms with Crippen LogP contribution >= 0.6 is 0 Å². The molecular formula is C49H32N2. The van der Waals surface area contributed by atoms with Crippen LogP contribution in [0.1, 0.15) is 22.3 Å². The standard InChI is InChI=1S/C49H32N2/c1-2-15-33(16-3-1)50(34-17-14-18-35(31-34)51-47-27-12-7-22-41(47)42-23-8-13-28-48(42)51)36-29-30-40-39-21-6-11-26-45(39)49(46(40)32-36)43-24-9-4-19-37(43)38-20-5-10-25-44(38)49/h1-32H. The maximum Gasteiger partial charge on any atom is 0.0726 e. The van der Waals surface area contributed by atoms with Crippen LogP contribution in [0.5, 0.6) is 0 Å². The van der Waals surface area contributed by atoms with Gasteiger partial charge in [0.2, 0.25) is 0 Å². The van der Waals surface area contributed by atoms with Crippen molar-refractivity contribution in [2.45, 2.75) is 5.41 Å². The van der Waals surface area contributed by atoms with Crippen LogP contribution in [0.3, 0.4) is 0 Å². The number of fused-ring (bicyclic) bond motifs is 13. The van der Waals surface area contributed by atoms with Gasteiger partial charge in [-0.15, -0.1) is 0 Å². The number of benzene rings is 8. The number of hydrogen-bond donors (Lipinski definition) is 0. The molecule has 51 heavy (non-hydrogen) atoms. The largest absolute Gasteiger partial charge is 0.310 e. The normalized spacial score (nSPS) is 13.3. The topological polar surface area (TPSA) is 8.17 Å². The molecule has 11 rings (SSSR count). The molecule has 0 atom stereocenters. The predicted octanol–water partition coefficient (Wildman–Crippen LogP) is 12.6. The Hall–Kier alpha value is -6.64. The summed E-state index contributed by atoms with van der Waals surface area (Å²) in [6, 6.07) is 71.4. The first-order valence-electron chi connectivity index (χ1n) is 17.7. The highest BCUT2D eigenvalue weighted by atomic mass is 15.1. The fourth-order valence-electron chi connectivity index (χ4n) is 9.22. The Morgan fingerprint density at radius 2 is 0.804 bits per heavy atom. The smallest absolute Gasteiger partial charge is 0.0726 e. The average Bonchev–Trinajstić information content (AvgIpc) is 3.80. The van der Waals surface area contributed by atoms with E-state index in [1.54, 1.807) is 0 Å². The molecule has 0 unspecified atom stereocenters. The van der Waals surface area contributed by atoms with Crippen LogP contribution in [0, 0.1) is 0 Å². The zero-order valence-electron chi connectivity index (χ0n) is 27.9. The highest BCUT2D eigenvalue weighted by molar-refractivity contribution is 6.09. The lowest BCUT2D eigenvalue weighted by Gasteiger charge is -2.32. The summed E-state index contributed by atoms with van der Waals surface area (Å²) in [5, 5.41) is 2.53. The monoisotopic (exact) mass is 648 g/mol. The van der Waals surface area contributed by atoms with Crippen molar-refractivity contribution < 1.29 is 0 Å². The van der Waals surface area contributed by atoms with E-state index in [9.17, 15) is 0 Å². The molecule has 2 heteroatoms. The van der Waals surface area contributed by atoms with Gasteiger partial charge in [0.05, 0.1) is 16.4 Å². The first-order valence-corrected chi connectivity index (χ1v) is 17.7. The molecule has 0 fully saturated rings. The molecule has 9 aromatic rings. The number of anilines is 3. The summed E-state index contributed by atoms with van der Waals surface area (Å²) in [7, 11) is 0.